The second-order valence-corrected chi connectivity index (χ2v) is 16.8. The van der Waals surface area contributed by atoms with E-state index >= 15 is 0 Å². The highest BCUT2D eigenvalue weighted by Crippen LogP contribution is 2.58. The molecule has 0 amide bonds. The Morgan fingerprint density at radius 3 is 1.77 bits per heavy atom. The van der Waals surface area contributed by atoms with Crippen LogP contribution in [0.15, 0.2) is 218 Å². The Morgan fingerprint density at radius 1 is 0.350 bits per heavy atom. The molecule has 3 heteroatoms. The van der Waals surface area contributed by atoms with Crippen molar-refractivity contribution in [3.05, 3.63) is 241 Å². The van der Waals surface area contributed by atoms with Crippen LogP contribution in [0.4, 0.5) is 0 Å². The van der Waals surface area contributed by atoms with Gasteiger partial charge < -0.3 is 0 Å². The van der Waals surface area contributed by atoms with Crippen LogP contribution in [0.3, 0.4) is 0 Å². The fourth-order valence-corrected chi connectivity index (χ4v) is 10.7. The highest BCUT2D eigenvalue weighted by atomic mass is 32.1. The monoisotopic (exact) mass is 780 g/mol. The third kappa shape index (κ3) is 5.40. The van der Waals surface area contributed by atoms with E-state index in [1.165, 1.54) is 70.1 Å². The number of fused-ring (bicyclic) bond motifs is 7. The van der Waals surface area contributed by atoms with Gasteiger partial charge in [0.1, 0.15) is 0 Å². The SMILES string of the molecule is c1ccc(C2(c3ccccc3)c3ccccc3-c3c(-c4cc(-c5ccc(-c6ccc7sc8ccccc8c7c6)cc5)nc(-c5ccc6ccccc6c5)n4)cccc32)cc1. The van der Waals surface area contributed by atoms with Gasteiger partial charge in [0.15, 0.2) is 5.82 Å². The molecule has 0 unspecified atom stereocenters. The average molecular weight is 781 g/mol. The first kappa shape index (κ1) is 34.6. The van der Waals surface area contributed by atoms with Crippen LogP contribution in [0.5, 0.6) is 0 Å². The Bertz CT molecular complexity index is 3380. The lowest BCUT2D eigenvalue weighted by molar-refractivity contribution is 0.768. The minimum Gasteiger partial charge on any atom is -0.228 e. The fourth-order valence-electron chi connectivity index (χ4n) is 9.64. The first-order valence-corrected chi connectivity index (χ1v) is 21.3. The van der Waals surface area contributed by atoms with Crippen LogP contribution in [0.1, 0.15) is 22.3 Å². The van der Waals surface area contributed by atoms with Crippen molar-refractivity contribution in [2.45, 2.75) is 5.41 Å². The van der Waals surface area contributed by atoms with Crippen LogP contribution in [-0.4, -0.2) is 9.97 Å². The van der Waals surface area contributed by atoms with Crippen LogP contribution in [0.25, 0.3) is 87.1 Å². The first-order valence-electron chi connectivity index (χ1n) is 20.5. The molecule has 0 aliphatic heterocycles. The van der Waals surface area contributed by atoms with Gasteiger partial charge in [-0.15, -0.1) is 11.3 Å². The molecule has 0 fully saturated rings. The van der Waals surface area contributed by atoms with Gasteiger partial charge in [0, 0.05) is 36.9 Å². The number of thiophene rings is 1. The Morgan fingerprint density at radius 2 is 0.950 bits per heavy atom. The van der Waals surface area contributed by atoms with E-state index in [4.69, 9.17) is 9.97 Å². The third-order valence-corrected chi connectivity index (χ3v) is 13.5. The van der Waals surface area contributed by atoms with E-state index in [0.29, 0.717) is 5.82 Å². The van der Waals surface area contributed by atoms with Crippen molar-refractivity contribution in [1.82, 2.24) is 9.97 Å². The number of rotatable bonds is 6. The molecular formula is C57H36N2S. The molecule has 1 aliphatic rings. The Kier molecular flexibility index (Phi) is 7.97. The van der Waals surface area contributed by atoms with Gasteiger partial charge in [-0.05, 0) is 85.6 Å². The van der Waals surface area contributed by atoms with E-state index in [2.05, 4.69) is 218 Å². The summed E-state index contributed by atoms with van der Waals surface area (Å²) < 4.78 is 2.63. The number of aromatic nitrogens is 2. The van der Waals surface area contributed by atoms with Crippen molar-refractivity contribution in [2.75, 3.05) is 0 Å². The summed E-state index contributed by atoms with van der Waals surface area (Å²) in [5, 5.41) is 4.97. The van der Waals surface area contributed by atoms with Crippen molar-refractivity contribution in [2.24, 2.45) is 0 Å². The van der Waals surface area contributed by atoms with E-state index in [1.807, 2.05) is 11.3 Å². The minimum atomic E-state index is -0.504. The molecule has 2 aromatic heterocycles. The first-order chi connectivity index (χ1) is 29.7. The molecule has 12 rings (SSSR count). The normalized spacial score (nSPS) is 12.8. The van der Waals surface area contributed by atoms with Crippen LogP contribution in [0, 0.1) is 0 Å². The van der Waals surface area contributed by atoms with E-state index in [-0.39, 0.29) is 0 Å². The van der Waals surface area contributed by atoms with Crippen LogP contribution in [0.2, 0.25) is 0 Å². The smallest absolute Gasteiger partial charge is 0.160 e. The lowest BCUT2D eigenvalue weighted by Gasteiger charge is -2.33. The highest BCUT2D eigenvalue weighted by molar-refractivity contribution is 7.25. The Balaban J connectivity index is 1.05. The summed E-state index contributed by atoms with van der Waals surface area (Å²) in [6.45, 7) is 0. The van der Waals surface area contributed by atoms with Gasteiger partial charge in [0.25, 0.3) is 0 Å². The molecule has 280 valence electrons. The molecule has 1 aliphatic carbocycles. The summed E-state index contributed by atoms with van der Waals surface area (Å²) >= 11 is 1.85. The summed E-state index contributed by atoms with van der Waals surface area (Å²) in [6.07, 6.45) is 0. The third-order valence-electron chi connectivity index (χ3n) is 12.4. The zero-order valence-corrected chi connectivity index (χ0v) is 33.4. The maximum atomic E-state index is 5.45. The topological polar surface area (TPSA) is 25.8 Å². The van der Waals surface area contributed by atoms with Gasteiger partial charge in [0.2, 0.25) is 0 Å². The molecule has 0 saturated heterocycles. The molecule has 0 atom stereocenters. The zero-order valence-electron chi connectivity index (χ0n) is 32.6. The molecule has 2 nitrogen and oxygen atoms in total. The maximum Gasteiger partial charge on any atom is 0.160 e. The zero-order chi connectivity index (χ0) is 39.6. The maximum absolute atomic E-state index is 5.45. The second-order valence-electron chi connectivity index (χ2n) is 15.7. The van der Waals surface area contributed by atoms with Crippen molar-refractivity contribution in [1.29, 1.82) is 0 Å². The number of benzene rings is 9. The van der Waals surface area contributed by atoms with E-state index in [0.717, 1.165) is 33.5 Å². The van der Waals surface area contributed by atoms with E-state index in [1.54, 1.807) is 0 Å². The Labute approximate surface area is 352 Å². The van der Waals surface area contributed by atoms with Gasteiger partial charge in [-0.2, -0.15) is 0 Å². The van der Waals surface area contributed by atoms with Crippen LogP contribution in [-0.2, 0) is 5.41 Å². The molecular weight excluding hydrogens is 745 g/mol. The summed E-state index contributed by atoms with van der Waals surface area (Å²) in [5.41, 5.74) is 14.2. The molecule has 2 heterocycles. The number of hydrogen-bond acceptors (Lipinski definition) is 3. The second kappa shape index (κ2) is 13.8. The molecule has 11 aromatic rings. The summed E-state index contributed by atoms with van der Waals surface area (Å²) in [7, 11) is 0. The van der Waals surface area contributed by atoms with Crippen molar-refractivity contribution >= 4 is 42.3 Å². The Hall–Kier alpha value is -7.46. The van der Waals surface area contributed by atoms with Gasteiger partial charge in [-0.1, -0.05) is 188 Å². The standard InChI is InChI=1S/C57H36N2S/c1-3-16-43(17-4-1)57(44-18-5-2-6-19-44)49-23-11-9-21-46(49)55-47(22-13-24-50(55)57)52-36-51(58-56(59-52)42-31-28-37-14-7-8-15-40(37)34-42)39-29-26-38(27-30-39)41-32-33-54-48(35-41)45-20-10-12-25-53(45)60-54/h1-36H. The van der Waals surface area contributed by atoms with Crippen molar-refractivity contribution in [3.8, 4) is 56.2 Å². The van der Waals surface area contributed by atoms with E-state index in [9.17, 15) is 0 Å². The summed E-state index contributed by atoms with van der Waals surface area (Å²) in [5.74, 6) is 0.702. The van der Waals surface area contributed by atoms with E-state index < -0.39 is 5.41 Å². The van der Waals surface area contributed by atoms with Gasteiger partial charge in [-0.3, -0.25) is 0 Å². The molecule has 0 spiro atoms. The average Bonchev–Trinajstić information content (AvgIpc) is 3.85. The van der Waals surface area contributed by atoms with Gasteiger partial charge >= 0.3 is 0 Å². The van der Waals surface area contributed by atoms with Gasteiger partial charge in [0.05, 0.1) is 16.8 Å². The molecule has 60 heavy (non-hydrogen) atoms. The van der Waals surface area contributed by atoms with Crippen LogP contribution >= 0.6 is 11.3 Å². The molecule has 0 N–H and O–H groups in total. The fraction of sp³-hybridized carbons (Fsp3) is 0.0175. The van der Waals surface area contributed by atoms with Gasteiger partial charge in [-0.25, -0.2) is 9.97 Å². The van der Waals surface area contributed by atoms with Crippen LogP contribution < -0.4 is 0 Å². The summed E-state index contributed by atoms with van der Waals surface area (Å²) in [6, 6.07) is 79.3. The summed E-state index contributed by atoms with van der Waals surface area (Å²) in [4.78, 5) is 10.8. The molecule has 9 aromatic carbocycles. The predicted molar refractivity (Wildman–Crippen MR) is 251 cm³/mol. The van der Waals surface area contributed by atoms with Crippen molar-refractivity contribution < 1.29 is 0 Å². The highest BCUT2D eigenvalue weighted by Gasteiger charge is 2.46. The molecule has 0 bridgehead atoms. The lowest BCUT2D eigenvalue weighted by Crippen LogP contribution is -2.28. The molecule has 0 radical (unpaired) electrons. The lowest BCUT2D eigenvalue weighted by atomic mass is 9.67. The predicted octanol–water partition coefficient (Wildman–Crippen LogP) is 15.0. The minimum absolute atomic E-state index is 0.504. The quantitative estimate of drug-likeness (QED) is 0.168. The number of hydrogen-bond donors (Lipinski definition) is 0. The van der Waals surface area contributed by atoms with Crippen molar-refractivity contribution in [3.63, 3.8) is 0 Å². The molecule has 0 saturated carbocycles. The largest absolute Gasteiger partial charge is 0.228 e. The number of nitrogens with zero attached hydrogens (tertiary/aromatic N) is 2.